The molecule has 3 saturated heterocycles. The minimum atomic E-state index is -5.15. The van der Waals surface area contributed by atoms with Crippen molar-refractivity contribution in [1.82, 2.24) is 14.7 Å². The fourth-order valence-corrected chi connectivity index (χ4v) is 8.05. The van der Waals surface area contributed by atoms with E-state index in [1.54, 1.807) is 0 Å². The van der Waals surface area contributed by atoms with Crippen LogP contribution in [-0.2, 0) is 35.2 Å². The van der Waals surface area contributed by atoms with Crippen molar-refractivity contribution in [2.45, 2.75) is 81.0 Å². The molecule has 0 saturated carbocycles. The van der Waals surface area contributed by atoms with Crippen LogP contribution in [0.25, 0.3) is 0 Å². The lowest BCUT2D eigenvalue weighted by molar-refractivity contribution is -0.143. The van der Waals surface area contributed by atoms with Gasteiger partial charge in [0, 0.05) is 37.3 Å². The van der Waals surface area contributed by atoms with E-state index in [9.17, 15) is 49.1 Å². The third kappa shape index (κ3) is 7.96. The molecule has 14 heteroatoms. The second-order valence-corrected chi connectivity index (χ2v) is 14.0. The van der Waals surface area contributed by atoms with E-state index in [4.69, 9.17) is 0 Å². The fraction of sp³-hybridized carbons (Fsp3) is 0.474. The van der Waals surface area contributed by atoms with E-state index in [0.717, 1.165) is 30.5 Å². The molecule has 0 aliphatic carbocycles. The number of benzene rings is 3. The highest BCUT2D eigenvalue weighted by atomic mass is 19.4. The van der Waals surface area contributed by atoms with Crippen molar-refractivity contribution < 1.29 is 49.1 Å². The average Bonchev–Trinajstić information content (AvgIpc) is 3.66. The maximum absolute atomic E-state index is 14.0. The summed E-state index contributed by atoms with van der Waals surface area (Å²) < 4.78 is 122. The minimum Gasteiger partial charge on any atom is -0.342 e. The van der Waals surface area contributed by atoms with E-state index in [1.165, 1.54) is 17.0 Å². The Morgan fingerprint density at radius 2 is 1.23 bits per heavy atom. The second kappa shape index (κ2) is 14.4. The van der Waals surface area contributed by atoms with E-state index in [-0.39, 0.29) is 37.4 Å². The number of nitrogens with zero attached hydrogens (tertiary/aromatic N) is 3. The van der Waals surface area contributed by atoms with E-state index in [0.29, 0.717) is 63.1 Å². The molecule has 2 amide bonds. The summed E-state index contributed by atoms with van der Waals surface area (Å²) >= 11 is 0. The molecule has 0 radical (unpaired) electrons. The van der Waals surface area contributed by atoms with Crippen LogP contribution in [0.5, 0.6) is 0 Å². The number of hydrogen-bond donors (Lipinski definition) is 0. The summed E-state index contributed by atoms with van der Waals surface area (Å²) in [6.07, 6.45) is -11.3. The third-order valence-electron chi connectivity index (χ3n) is 10.8. The summed E-state index contributed by atoms with van der Waals surface area (Å²) in [6.45, 7) is 2.46. The first-order valence-electron chi connectivity index (χ1n) is 17.3. The molecule has 2 atom stereocenters. The summed E-state index contributed by atoms with van der Waals surface area (Å²) in [4.78, 5) is 33.3. The van der Waals surface area contributed by atoms with Gasteiger partial charge in [0.25, 0.3) is 5.91 Å². The van der Waals surface area contributed by atoms with Gasteiger partial charge < -0.3 is 14.7 Å². The van der Waals surface area contributed by atoms with Crippen LogP contribution in [0.1, 0.15) is 76.7 Å². The molecule has 3 aromatic carbocycles. The van der Waals surface area contributed by atoms with Gasteiger partial charge in [-0.15, -0.1) is 0 Å². The van der Waals surface area contributed by atoms with Gasteiger partial charge in [-0.05, 0) is 99.5 Å². The topological polar surface area (TPSA) is 43.9 Å². The Morgan fingerprint density at radius 1 is 0.673 bits per heavy atom. The van der Waals surface area contributed by atoms with Crippen molar-refractivity contribution in [2.24, 2.45) is 0 Å². The lowest BCUT2D eigenvalue weighted by Crippen LogP contribution is -2.57. The van der Waals surface area contributed by atoms with Gasteiger partial charge in [0.05, 0.1) is 22.1 Å². The Balaban J connectivity index is 1.27. The van der Waals surface area contributed by atoms with Gasteiger partial charge in [0.15, 0.2) is 0 Å². The largest absolute Gasteiger partial charge is 0.416 e. The number of halogens is 9. The Labute approximate surface area is 295 Å². The number of likely N-dealkylation sites (tertiary alicyclic amines) is 3. The van der Waals surface area contributed by atoms with Crippen molar-refractivity contribution >= 4 is 11.8 Å². The summed E-state index contributed by atoms with van der Waals surface area (Å²) in [5.41, 5.74) is -4.24. The lowest BCUT2D eigenvalue weighted by Gasteiger charge is -2.48. The highest BCUT2D eigenvalue weighted by molar-refractivity contribution is 5.95. The van der Waals surface area contributed by atoms with Crippen molar-refractivity contribution in [1.29, 1.82) is 0 Å². The van der Waals surface area contributed by atoms with Crippen LogP contribution in [0.2, 0.25) is 0 Å². The fourth-order valence-electron chi connectivity index (χ4n) is 8.05. The van der Waals surface area contributed by atoms with Crippen LogP contribution in [-0.4, -0.2) is 71.3 Å². The highest BCUT2D eigenvalue weighted by Crippen LogP contribution is 2.41. The quantitative estimate of drug-likeness (QED) is 0.238. The minimum absolute atomic E-state index is 0.000561. The number of rotatable bonds is 6. The second-order valence-electron chi connectivity index (χ2n) is 14.0. The molecule has 0 aromatic heterocycles. The molecule has 0 N–H and O–H groups in total. The number of carbonyl (C=O) groups is 2. The van der Waals surface area contributed by atoms with Gasteiger partial charge in [0.1, 0.15) is 0 Å². The van der Waals surface area contributed by atoms with Gasteiger partial charge >= 0.3 is 18.5 Å². The van der Waals surface area contributed by atoms with Crippen LogP contribution < -0.4 is 0 Å². The van der Waals surface area contributed by atoms with Crippen molar-refractivity contribution in [3.05, 3.63) is 106 Å². The molecule has 5 nitrogen and oxygen atoms in total. The first-order chi connectivity index (χ1) is 24.5. The average molecular weight is 740 g/mol. The maximum atomic E-state index is 14.0. The molecular formula is C38H38F9N3O2. The molecule has 3 fully saturated rings. The number of piperidine rings is 2. The number of carbonyl (C=O) groups excluding carboxylic acids is 2. The van der Waals surface area contributed by atoms with Crippen LogP contribution in [0, 0.1) is 0 Å². The van der Waals surface area contributed by atoms with Crippen LogP contribution >= 0.6 is 0 Å². The van der Waals surface area contributed by atoms with Gasteiger partial charge in [-0.1, -0.05) is 42.5 Å². The van der Waals surface area contributed by atoms with Crippen molar-refractivity contribution in [3.63, 3.8) is 0 Å². The van der Waals surface area contributed by atoms with E-state index in [2.05, 4.69) is 4.90 Å². The molecule has 6 rings (SSSR count). The molecule has 3 aliphatic heterocycles. The standard InChI is InChI=1S/C38H38F9N3O2/c39-36(40,41)28-10-8-25(9-11-28)20-32-24-31(12-17-50(32)33(51)26-21-29(37(42,43)44)23-30(22-26)38(45,46)47)48-18-13-35(14-19-48,27-6-2-1-3-7-27)34(52)49-15-4-5-16-49/h1-3,6-11,21-23,31-32H,4-5,12-20,24H2/t31-,32-/m0/s1. The van der Waals surface area contributed by atoms with E-state index < -0.39 is 58.1 Å². The molecule has 3 aromatic rings. The third-order valence-corrected chi connectivity index (χ3v) is 10.8. The molecule has 3 aliphatic rings. The summed E-state index contributed by atoms with van der Waals surface area (Å²) in [5, 5.41) is 0. The van der Waals surface area contributed by atoms with E-state index >= 15 is 0 Å². The predicted molar refractivity (Wildman–Crippen MR) is 174 cm³/mol. The number of hydrogen-bond acceptors (Lipinski definition) is 3. The zero-order valence-electron chi connectivity index (χ0n) is 28.1. The lowest BCUT2D eigenvalue weighted by atomic mass is 9.71. The summed E-state index contributed by atoms with van der Waals surface area (Å²) in [7, 11) is 0. The Morgan fingerprint density at radius 3 is 1.77 bits per heavy atom. The SMILES string of the molecule is O=C(c1cc(C(F)(F)F)cc(C(F)(F)F)c1)N1CC[C@H](N2CCC(C(=O)N3CCCC3)(c3ccccc3)CC2)C[C@@H]1Cc1ccc(C(F)(F)F)cc1. The summed E-state index contributed by atoms with van der Waals surface area (Å²) in [5.74, 6) is -0.930. The van der Waals surface area contributed by atoms with E-state index in [1.807, 2.05) is 35.2 Å². The Hall–Kier alpha value is -4.07. The summed E-state index contributed by atoms with van der Waals surface area (Å²) in [6, 6.07) is 13.8. The molecule has 0 bridgehead atoms. The van der Waals surface area contributed by atoms with Crippen LogP contribution in [0.4, 0.5) is 39.5 Å². The predicted octanol–water partition coefficient (Wildman–Crippen LogP) is 8.62. The Bertz CT molecular complexity index is 1690. The normalized spacial score (nSPS) is 21.7. The molecule has 280 valence electrons. The van der Waals surface area contributed by atoms with Crippen LogP contribution in [0.15, 0.2) is 72.8 Å². The molecular weight excluding hydrogens is 701 g/mol. The Kier molecular flexibility index (Phi) is 10.4. The number of alkyl halides is 9. The first kappa shape index (κ1) is 37.7. The molecule has 3 heterocycles. The maximum Gasteiger partial charge on any atom is 0.416 e. The van der Waals surface area contributed by atoms with Gasteiger partial charge in [0.2, 0.25) is 5.91 Å². The van der Waals surface area contributed by atoms with Gasteiger partial charge in [-0.25, -0.2) is 0 Å². The number of amides is 2. The van der Waals surface area contributed by atoms with Gasteiger partial charge in [-0.2, -0.15) is 39.5 Å². The van der Waals surface area contributed by atoms with Gasteiger partial charge in [-0.3, -0.25) is 9.59 Å². The molecule has 0 spiro atoms. The smallest absolute Gasteiger partial charge is 0.342 e. The zero-order valence-corrected chi connectivity index (χ0v) is 28.1. The monoisotopic (exact) mass is 739 g/mol. The van der Waals surface area contributed by atoms with Crippen molar-refractivity contribution in [3.8, 4) is 0 Å². The zero-order chi connectivity index (χ0) is 37.5. The van der Waals surface area contributed by atoms with Crippen LogP contribution in [0.3, 0.4) is 0 Å². The van der Waals surface area contributed by atoms with Crippen molar-refractivity contribution in [2.75, 3.05) is 32.7 Å². The highest BCUT2D eigenvalue weighted by Gasteiger charge is 2.47. The molecule has 0 unspecified atom stereocenters. The molecule has 52 heavy (non-hydrogen) atoms. The first-order valence-corrected chi connectivity index (χ1v) is 17.3.